The average molecular weight is 715 g/mol. The highest BCUT2D eigenvalue weighted by molar-refractivity contribution is 9.10. The van der Waals surface area contributed by atoms with Crippen molar-refractivity contribution in [1.29, 1.82) is 0 Å². The van der Waals surface area contributed by atoms with Gasteiger partial charge in [0.05, 0.1) is 18.1 Å². The van der Waals surface area contributed by atoms with Crippen molar-refractivity contribution in [3.8, 4) is 0 Å². The van der Waals surface area contributed by atoms with Crippen molar-refractivity contribution in [3.63, 3.8) is 0 Å². The van der Waals surface area contributed by atoms with Gasteiger partial charge in [-0.05, 0) is 89.7 Å². The Morgan fingerprint density at radius 1 is 1.07 bits per heavy atom. The summed E-state index contributed by atoms with van der Waals surface area (Å²) >= 11 is 7.46. The Bertz CT molecular complexity index is 1430. The summed E-state index contributed by atoms with van der Waals surface area (Å²) in [6, 6.07) is 7.69. The predicted molar refractivity (Wildman–Crippen MR) is 171 cm³/mol. The van der Waals surface area contributed by atoms with Gasteiger partial charge in [0.1, 0.15) is 12.1 Å². The van der Waals surface area contributed by atoms with Crippen molar-refractivity contribution in [1.82, 2.24) is 29.7 Å². The highest BCUT2D eigenvalue weighted by Gasteiger charge is 2.42. The first-order valence-electron chi connectivity index (χ1n) is 15.3. The molecule has 0 spiro atoms. The summed E-state index contributed by atoms with van der Waals surface area (Å²) in [7, 11) is 0. The van der Waals surface area contributed by atoms with Gasteiger partial charge in [-0.1, -0.05) is 34.5 Å². The maximum atomic E-state index is 13.8. The molecule has 3 aromatic rings. The van der Waals surface area contributed by atoms with E-state index in [0.717, 1.165) is 66.1 Å². The number of aryl methyl sites for hydroxylation is 3. The molecule has 0 bridgehead atoms. The predicted octanol–water partition coefficient (Wildman–Crippen LogP) is 5.65. The number of piperazine rings is 1. The summed E-state index contributed by atoms with van der Waals surface area (Å²) < 4.78 is 9.97. The molecular weight excluding hydrogens is 676 g/mol. The smallest absolute Gasteiger partial charge is 0.410 e. The number of hydrogen-bond donors (Lipinski definition) is 1. The van der Waals surface area contributed by atoms with Gasteiger partial charge in [-0.25, -0.2) is 9.78 Å². The Labute approximate surface area is 269 Å². The Morgan fingerprint density at radius 2 is 1.91 bits per heavy atom. The summed E-state index contributed by atoms with van der Waals surface area (Å²) in [4.78, 5) is 40.4. The van der Waals surface area contributed by atoms with Crippen LogP contribution in [0.2, 0.25) is 0 Å². The van der Waals surface area contributed by atoms with Gasteiger partial charge in [-0.15, -0.1) is 0 Å². The molecule has 2 fully saturated rings. The van der Waals surface area contributed by atoms with Crippen LogP contribution in [-0.2, 0) is 28.9 Å². The van der Waals surface area contributed by atoms with Gasteiger partial charge in [0.15, 0.2) is 0 Å². The molecule has 1 N–H and O–H groups in total. The minimum Gasteiger partial charge on any atom is -0.446 e. The molecule has 228 valence electrons. The van der Waals surface area contributed by atoms with Crippen LogP contribution in [0.5, 0.6) is 0 Å². The molecule has 0 radical (unpaired) electrons. The van der Waals surface area contributed by atoms with Gasteiger partial charge in [0.25, 0.3) is 0 Å². The minimum absolute atomic E-state index is 0.0719. The van der Waals surface area contributed by atoms with Crippen molar-refractivity contribution in [2.75, 3.05) is 26.2 Å². The molecule has 1 saturated heterocycles. The third-order valence-electron chi connectivity index (χ3n) is 8.89. The number of ether oxygens (including phenoxy) is 1. The molecule has 43 heavy (non-hydrogen) atoms. The number of aromatic nitrogens is 3. The Morgan fingerprint density at radius 3 is 2.72 bits per heavy atom. The number of halogens is 2. The highest BCUT2D eigenvalue weighted by atomic mass is 79.9. The molecule has 1 unspecified atom stereocenters. The summed E-state index contributed by atoms with van der Waals surface area (Å²) in [5.74, 6) is -0.152. The highest BCUT2D eigenvalue weighted by Crippen LogP contribution is 2.41. The number of imidazole rings is 1. The van der Waals surface area contributed by atoms with Crippen LogP contribution in [0.15, 0.2) is 58.1 Å². The molecule has 3 aliphatic rings. The van der Waals surface area contributed by atoms with E-state index in [4.69, 9.17) is 9.72 Å². The number of benzene rings is 1. The number of rotatable bonds is 7. The zero-order valence-electron chi connectivity index (χ0n) is 24.3. The summed E-state index contributed by atoms with van der Waals surface area (Å²) in [6.45, 7) is 2.66. The Kier molecular flexibility index (Phi) is 9.79. The molecule has 11 heteroatoms. The number of hydrogen-bond acceptors (Lipinski definition) is 6. The number of nitrogens with zero attached hydrogens (tertiary/aromatic N) is 5. The first-order chi connectivity index (χ1) is 21.0. The van der Waals surface area contributed by atoms with E-state index in [2.05, 4.69) is 71.3 Å². The Balaban J connectivity index is 1.26. The lowest BCUT2D eigenvalue weighted by Gasteiger charge is -2.44. The molecule has 2 aliphatic carbocycles. The van der Waals surface area contributed by atoms with Crippen molar-refractivity contribution in [2.24, 2.45) is 0 Å². The molecular formula is C32H38Br2N6O3. The number of carbonyl (C=O) groups is 2. The van der Waals surface area contributed by atoms with Crippen LogP contribution in [0.3, 0.4) is 0 Å². The molecule has 9 nitrogen and oxygen atoms in total. The fourth-order valence-corrected chi connectivity index (χ4v) is 7.69. The number of carbonyl (C=O) groups excluding carboxylic acids is 2. The maximum Gasteiger partial charge on any atom is 0.410 e. The standard InChI is InChI=1S/C32H38Br2N6O3/c33-24-18-23-11-10-22-6-4-9-26(34)28(22)30(29(23)37-19-24)39-16-17-40(32(42)43-25-7-2-1-3-8-25)27(20-39)31(41)36-12-5-14-38-15-13-35-21-38/h4,6,9,13,15,18-19,21,25,27,30H,1-3,5,7-8,10-12,14,16-17,20H2,(H,36,41)/t27-,30?/m1/s1. The zero-order chi connectivity index (χ0) is 29.8. The third-order valence-corrected chi connectivity index (χ3v) is 10.0. The Hall–Kier alpha value is -2.76. The summed E-state index contributed by atoms with van der Waals surface area (Å²) in [5, 5.41) is 3.12. The van der Waals surface area contributed by atoms with Crippen LogP contribution >= 0.6 is 31.9 Å². The molecule has 2 aromatic heterocycles. The summed E-state index contributed by atoms with van der Waals surface area (Å²) in [6.07, 6.45) is 14.5. The molecule has 3 heterocycles. The number of nitrogens with one attached hydrogen (secondary N) is 1. The van der Waals surface area contributed by atoms with Gasteiger partial charge in [-0.2, -0.15) is 0 Å². The van der Waals surface area contributed by atoms with Crippen LogP contribution in [-0.4, -0.2) is 74.7 Å². The molecule has 1 aliphatic heterocycles. The van der Waals surface area contributed by atoms with Gasteiger partial charge >= 0.3 is 6.09 Å². The van der Waals surface area contributed by atoms with E-state index in [1.807, 2.05) is 17.0 Å². The molecule has 2 atom stereocenters. The lowest BCUT2D eigenvalue weighted by molar-refractivity contribution is -0.128. The normalized spacial score (nSPS) is 21.0. The molecule has 2 amide bonds. The van der Waals surface area contributed by atoms with Crippen molar-refractivity contribution in [2.45, 2.75) is 76.1 Å². The molecule has 1 aromatic carbocycles. The van der Waals surface area contributed by atoms with E-state index in [-0.39, 0.29) is 24.1 Å². The summed E-state index contributed by atoms with van der Waals surface area (Å²) in [5.41, 5.74) is 4.66. The fraction of sp³-hybridized carbons (Fsp3) is 0.500. The second-order valence-electron chi connectivity index (χ2n) is 11.7. The van der Waals surface area contributed by atoms with Crippen LogP contribution in [0.1, 0.15) is 67.0 Å². The van der Waals surface area contributed by atoms with Gasteiger partial charge in [0, 0.05) is 60.3 Å². The topological polar surface area (TPSA) is 92.6 Å². The average Bonchev–Trinajstić information content (AvgIpc) is 3.48. The van der Waals surface area contributed by atoms with Gasteiger partial charge in [-0.3, -0.25) is 19.6 Å². The van der Waals surface area contributed by atoms with Crippen LogP contribution in [0.25, 0.3) is 0 Å². The van der Waals surface area contributed by atoms with Gasteiger partial charge in [0.2, 0.25) is 5.91 Å². The van der Waals surface area contributed by atoms with Crippen LogP contribution < -0.4 is 5.32 Å². The first-order valence-corrected chi connectivity index (χ1v) is 16.9. The van der Waals surface area contributed by atoms with Gasteiger partial charge < -0.3 is 14.6 Å². The van der Waals surface area contributed by atoms with E-state index in [1.165, 1.54) is 23.1 Å². The largest absolute Gasteiger partial charge is 0.446 e. The number of fused-ring (bicyclic) bond motifs is 2. The third kappa shape index (κ3) is 6.99. The van der Waals surface area contributed by atoms with E-state index in [0.29, 0.717) is 26.2 Å². The second kappa shape index (κ2) is 13.9. The van der Waals surface area contributed by atoms with Crippen molar-refractivity contribution >= 4 is 43.9 Å². The van der Waals surface area contributed by atoms with E-state index in [9.17, 15) is 9.59 Å². The van der Waals surface area contributed by atoms with Crippen LogP contribution in [0.4, 0.5) is 4.79 Å². The second-order valence-corrected chi connectivity index (χ2v) is 13.5. The maximum absolute atomic E-state index is 13.8. The van der Waals surface area contributed by atoms with Crippen molar-refractivity contribution < 1.29 is 14.3 Å². The lowest BCUT2D eigenvalue weighted by Crippen LogP contribution is -2.61. The number of pyridine rings is 1. The minimum atomic E-state index is -0.675. The van der Waals surface area contributed by atoms with E-state index in [1.54, 1.807) is 17.4 Å². The van der Waals surface area contributed by atoms with Crippen LogP contribution in [0, 0.1) is 0 Å². The molecule has 6 rings (SSSR count). The quantitative estimate of drug-likeness (QED) is 0.318. The zero-order valence-corrected chi connectivity index (χ0v) is 27.4. The van der Waals surface area contributed by atoms with E-state index < -0.39 is 6.04 Å². The fourth-order valence-electron chi connectivity index (χ4n) is 6.69. The van der Waals surface area contributed by atoms with Crippen molar-refractivity contribution in [3.05, 3.63) is 80.5 Å². The monoisotopic (exact) mass is 712 g/mol. The first kappa shape index (κ1) is 30.3. The molecule has 1 saturated carbocycles. The number of amides is 2. The SMILES string of the molecule is O=C(NCCCn1ccnc1)[C@H]1CN(C2c3ncc(Br)cc3CCc3cccc(Br)c32)CCN1C(=O)OC1CCCCC1. The van der Waals surface area contributed by atoms with E-state index >= 15 is 0 Å². The lowest BCUT2D eigenvalue weighted by atomic mass is 9.95.